The number of carbonyl (C=O) groups is 1. The number of aromatic nitrogens is 1. The molecule has 0 bridgehead atoms. The molecule has 2 aromatic heterocycles. The highest BCUT2D eigenvalue weighted by Crippen LogP contribution is 2.26. The molecule has 0 unspecified atom stereocenters. The van der Waals surface area contributed by atoms with Gasteiger partial charge in [-0.15, -0.1) is 22.7 Å². The first kappa shape index (κ1) is 12.3. The van der Waals surface area contributed by atoms with Crippen molar-refractivity contribution in [3.8, 4) is 0 Å². The molecule has 0 saturated heterocycles. The summed E-state index contributed by atoms with van der Waals surface area (Å²) in [6.07, 6.45) is 1.76. The molecule has 5 heteroatoms. The second-order valence-corrected chi connectivity index (χ2v) is 6.24. The summed E-state index contributed by atoms with van der Waals surface area (Å²) in [6, 6.07) is 2.01. The fourth-order valence-corrected chi connectivity index (χ4v) is 3.13. The number of carbonyl (C=O) groups excluding carboxylic acids is 1. The second kappa shape index (κ2) is 4.98. The number of aryl methyl sites for hydroxylation is 1. The van der Waals surface area contributed by atoms with Crippen molar-refractivity contribution >= 4 is 33.7 Å². The van der Waals surface area contributed by atoms with Crippen LogP contribution < -0.4 is 5.32 Å². The van der Waals surface area contributed by atoms with Crippen LogP contribution in [0.1, 0.15) is 39.9 Å². The Hall–Kier alpha value is -1.20. The molecule has 2 rings (SSSR count). The van der Waals surface area contributed by atoms with Gasteiger partial charge in [-0.05, 0) is 29.9 Å². The van der Waals surface area contributed by atoms with E-state index in [0.29, 0.717) is 11.0 Å². The third-order valence-electron chi connectivity index (χ3n) is 2.37. The molecule has 0 fully saturated rings. The molecular weight excluding hydrogens is 252 g/mol. The topological polar surface area (TPSA) is 42.0 Å². The molecule has 1 amide bonds. The predicted octanol–water partition coefficient (Wildman–Crippen LogP) is 3.89. The number of amides is 1. The van der Waals surface area contributed by atoms with Crippen LogP contribution in [0.2, 0.25) is 0 Å². The van der Waals surface area contributed by atoms with E-state index in [4.69, 9.17) is 0 Å². The van der Waals surface area contributed by atoms with Crippen molar-refractivity contribution in [2.75, 3.05) is 5.32 Å². The van der Waals surface area contributed by atoms with E-state index in [1.54, 1.807) is 6.20 Å². The third kappa shape index (κ3) is 2.73. The van der Waals surface area contributed by atoms with E-state index in [9.17, 15) is 4.79 Å². The average Bonchev–Trinajstić information content (AvgIpc) is 2.86. The van der Waals surface area contributed by atoms with Crippen molar-refractivity contribution in [3.05, 3.63) is 33.0 Å². The summed E-state index contributed by atoms with van der Waals surface area (Å²) in [4.78, 5) is 18.1. The van der Waals surface area contributed by atoms with Gasteiger partial charge in [0.05, 0.1) is 4.88 Å². The lowest BCUT2D eigenvalue weighted by Gasteiger charge is -2.06. The highest BCUT2D eigenvalue weighted by molar-refractivity contribution is 7.16. The Morgan fingerprint density at radius 3 is 2.82 bits per heavy atom. The van der Waals surface area contributed by atoms with Crippen LogP contribution in [0.25, 0.3) is 0 Å². The van der Waals surface area contributed by atoms with Crippen molar-refractivity contribution in [2.24, 2.45) is 0 Å². The van der Waals surface area contributed by atoms with Gasteiger partial charge in [-0.25, -0.2) is 4.98 Å². The monoisotopic (exact) mass is 266 g/mol. The molecule has 0 spiro atoms. The number of rotatable bonds is 3. The molecule has 0 radical (unpaired) electrons. The van der Waals surface area contributed by atoms with Crippen molar-refractivity contribution in [2.45, 2.75) is 26.7 Å². The zero-order chi connectivity index (χ0) is 12.4. The summed E-state index contributed by atoms with van der Waals surface area (Å²) in [6.45, 7) is 6.15. The maximum Gasteiger partial charge on any atom is 0.267 e. The fraction of sp³-hybridized carbons (Fsp3) is 0.333. The summed E-state index contributed by atoms with van der Waals surface area (Å²) in [7, 11) is 0. The maximum absolute atomic E-state index is 12.1. The number of nitrogens with one attached hydrogen (secondary N) is 1. The summed E-state index contributed by atoms with van der Waals surface area (Å²) < 4.78 is 0. The van der Waals surface area contributed by atoms with E-state index < -0.39 is 0 Å². The van der Waals surface area contributed by atoms with E-state index >= 15 is 0 Å². The van der Waals surface area contributed by atoms with Crippen LogP contribution in [-0.4, -0.2) is 10.9 Å². The molecule has 0 aromatic carbocycles. The Balaban J connectivity index is 2.17. The van der Waals surface area contributed by atoms with Crippen LogP contribution in [0.4, 0.5) is 5.13 Å². The number of hydrogen-bond donors (Lipinski definition) is 1. The van der Waals surface area contributed by atoms with Gasteiger partial charge in [0.1, 0.15) is 0 Å². The zero-order valence-electron chi connectivity index (χ0n) is 9.98. The van der Waals surface area contributed by atoms with Gasteiger partial charge in [0.25, 0.3) is 5.91 Å². The largest absolute Gasteiger partial charge is 0.297 e. The maximum atomic E-state index is 12.1. The van der Waals surface area contributed by atoms with E-state index in [-0.39, 0.29) is 5.91 Å². The number of thiazole rings is 1. The summed E-state index contributed by atoms with van der Waals surface area (Å²) in [5.74, 6) is 0.304. The van der Waals surface area contributed by atoms with Crippen LogP contribution in [0.15, 0.2) is 17.6 Å². The van der Waals surface area contributed by atoms with Crippen molar-refractivity contribution in [1.29, 1.82) is 0 Å². The molecule has 0 aliphatic rings. The van der Waals surface area contributed by atoms with Gasteiger partial charge in [0.15, 0.2) is 5.13 Å². The first-order valence-corrected chi connectivity index (χ1v) is 7.08. The highest BCUT2D eigenvalue weighted by atomic mass is 32.1. The number of thiophene rings is 1. The molecule has 0 atom stereocenters. The van der Waals surface area contributed by atoms with Crippen LogP contribution in [0, 0.1) is 6.92 Å². The van der Waals surface area contributed by atoms with Gasteiger partial charge in [-0.3, -0.25) is 10.1 Å². The first-order chi connectivity index (χ1) is 8.08. The Morgan fingerprint density at radius 1 is 1.47 bits per heavy atom. The summed E-state index contributed by atoms with van der Waals surface area (Å²) in [5.41, 5.74) is 1.10. The lowest BCUT2D eigenvalue weighted by molar-refractivity contribution is 0.102. The van der Waals surface area contributed by atoms with Crippen molar-refractivity contribution < 1.29 is 4.79 Å². The molecule has 17 heavy (non-hydrogen) atoms. The zero-order valence-corrected chi connectivity index (χ0v) is 11.6. The van der Waals surface area contributed by atoms with Crippen molar-refractivity contribution in [3.63, 3.8) is 0 Å². The lowest BCUT2D eigenvalue weighted by atomic mass is 10.0. The lowest BCUT2D eigenvalue weighted by Crippen LogP contribution is -2.12. The van der Waals surface area contributed by atoms with Crippen LogP contribution in [-0.2, 0) is 0 Å². The Kier molecular flexibility index (Phi) is 3.59. The Bertz CT molecular complexity index is 528. The van der Waals surface area contributed by atoms with Crippen LogP contribution >= 0.6 is 22.7 Å². The van der Waals surface area contributed by atoms with Gasteiger partial charge >= 0.3 is 0 Å². The molecule has 0 aliphatic carbocycles. The minimum Gasteiger partial charge on any atom is -0.297 e. The normalized spacial score (nSPS) is 10.8. The first-order valence-electron chi connectivity index (χ1n) is 5.39. The van der Waals surface area contributed by atoms with Crippen LogP contribution in [0.5, 0.6) is 0 Å². The molecular formula is C12H14N2OS2. The Labute approximate surface area is 109 Å². The molecule has 0 aliphatic heterocycles. The summed E-state index contributed by atoms with van der Waals surface area (Å²) in [5, 5.41) is 5.46. The van der Waals surface area contributed by atoms with Gasteiger partial charge in [0.2, 0.25) is 0 Å². The third-order valence-corrected chi connectivity index (χ3v) is 4.12. The van der Waals surface area contributed by atoms with Crippen molar-refractivity contribution in [1.82, 2.24) is 4.98 Å². The van der Waals surface area contributed by atoms with E-state index in [0.717, 1.165) is 15.3 Å². The number of hydrogen-bond acceptors (Lipinski definition) is 4. The van der Waals surface area contributed by atoms with E-state index in [1.165, 1.54) is 22.7 Å². The van der Waals surface area contributed by atoms with Gasteiger partial charge in [-0.2, -0.15) is 0 Å². The van der Waals surface area contributed by atoms with E-state index in [1.807, 2.05) is 18.4 Å². The average molecular weight is 266 g/mol. The van der Waals surface area contributed by atoms with Gasteiger partial charge < -0.3 is 0 Å². The Morgan fingerprint density at radius 2 is 2.24 bits per heavy atom. The molecule has 90 valence electrons. The number of anilines is 1. The van der Waals surface area contributed by atoms with Gasteiger partial charge in [0, 0.05) is 11.1 Å². The fourth-order valence-electron chi connectivity index (χ4n) is 1.52. The molecule has 0 saturated carbocycles. The van der Waals surface area contributed by atoms with Crippen LogP contribution in [0.3, 0.4) is 0 Å². The second-order valence-electron chi connectivity index (χ2n) is 4.09. The highest BCUT2D eigenvalue weighted by Gasteiger charge is 2.16. The smallest absolute Gasteiger partial charge is 0.267 e. The molecule has 2 heterocycles. The minimum atomic E-state index is -0.0574. The quantitative estimate of drug-likeness (QED) is 0.915. The molecule has 3 nitrogen and oxygen atoms in total. The molecule has 1 N–H and O–H groups in total. The standard InChI is InChI=1S/C12H14N2OS2/c1-7(2)9-4-5-16-10(9)11(15)14-12-13-6-8(3)17-12/h4-7H,1-3H3,(H,13,14,15). The SMILES string of the molecule is Cc1cnc(NC(=O)c2sccc2C(C)C)s1. The minimum absolute atomic E-state index is 0.0574. The molecule has 2 aromatic rings. The van der Waals surface area contributed by atoms with E-state index in [2.05, 4.69) is 24.1 Å². The predicted molar refractivity (Wildman–Crippen MR) is 73.2 cm³/mol. The number of nitrogens with zero attached hydrogens (tertiary/aromatic N) is 1. The van der Waals surface area contributed by atoms with Gasteiger partial charge in [-0.1, -0.05) is 13.8 Å². The summed E-state index contributed by atoms with van der Waals surface area (Å²) >= 11 is 2.97.